The number of carbonyl (C=O) groups excluding carboxylic acids is 1. The van der Waals surface area contributed by atoms with Crippen LogP contribution in [-0.2, 0) is 11.8 Å². The lowest BCUT2D eigenvalue weighted by atomic mass is 9.97. The quantitative estimate of drug-likeness (QED) is 0.805. The van der Waals surface area contributed by atoms with E-state index in [2.05, 4.69) is 4.98 Å². The molecule has 0 atom stereocenters. The Balaban J connectivity index is 2.00. The molecule has 1 saturated heterocycles. The van der Waals surface area contributed by atoms with Crippen LogP contribution in [0.4, 0.5) is 0 Å². The molecule has 1 N–H and O–H groups in total. The molecule has 0 spiro atoms. The molecule has 0 aliphatic carbocycles. The van der Waals surface area contributed by atoms with E-state index >= 15 is 0 Å². The highest BCUT2D eigenvalue weighted by Gasteiger charge is 2.28. The van der Waals surface area contributed by atoms with Gasteiger partial charge in [0.1, 0.15) is 0 Å². The third-order valence-electron chi connectivity index (χ3n) is 3.14. The molecule has 17 heavy (non-hydrogen) atoms. The fourth-order valence-electron chi connectivity index (χ4n) is 2.04. The molecule has 2 heterocycles. The lowest BCUT2D eigenvalue weighted by Crippen LogP contribution is -2.41. The van der Waals surface area contributed by atoms with Gasteiger partial charge in [-0.05, 0) is 12.8 Å². The molecule has 6 heteroatoms. The number of aliphatic carboxylic acids is 1. The first-order valence-corrected chi connectivity index (χ1v) is 5.59. The van der Waals surface area contributed by atoms with Crippen molar-refractivity contribution in [3.8, 4) is 0 Å². The minimum Gasteiger partial charge on any atom is -0.481 e. The SMILES string of the molecule is Cn1ccnc1C(=O)N1CCC(C(=O)O)CC1. The van der Waals surface area contributed by atoms with Gasteiger partial charge in [0.25, 0.3) is 5.91 Å². The average molecular weight is 237 g/mol. The number of carboxylic acid groups (broad SMARTS) is 1. The molecule has 1 amide bonds. The number of carboxylic acids is 1. The largest absolute Gasteiger partial charge is 0.481 e. The van der Waals surface area contributed by atoms with E-state index in [1.165, 1.54) is 0 Å². The third-order valence-corrected chi connectivity index (χ3v) is 3.14. The maximum absolute atomic E-state index is 12.1. The number of nitrogens with zero attached hydrogens (tertiary/aromatic N) is 3. The summed E-state index contributed by atoms with van der Waals surface area (Å²) in [6, 6.07) is 0. The number of amides is 1. The van der Waals surface area contributed by atoms with Crippen LogP contribution >= 0.6 is 0 Å². The van der Waals surface area contributed by atoms with Gasteiger partial charge in [0.15, 0.2) is 5.82 Å². The summed E-state index contributed by atoms with van der Waals surface area (Å²) in [7, 11) is 1.77. The van der Waals surface area contributed by atoms with Crippen LogP contribution in [0.3, 0.4) is 0 Å². The number of hydrogen-bond acceptors (Lipinski definition) is 3. The zero-order chi connectivity index (χ0) is 12.4. The fourth-order valence-corrected chi connectivity index (χ4v) is 2.04. The van der Waals surface area contributed by atoms with Crippen LogP contribution in [0.5, 0.6) is 0 Å². The van der Waals surface area contributed by atoms with Crippen molar-refractivity contribution in [1.29, 1.82) is 0 Å². The lowest BCUT2D eigenvalue weighted by Gasteiger charge is -2.29. The van der Waals surface area contributed by atoms with Crippen molar-refractivity contribution in [1.82, 2.24) is 14.5 Å². The molecular formula is C11H15N3O3. The van der Waals surface area contributed by atoms with Gasteiger partial charge in [-0.3, -0.25) is 9.59 Å². The van der Waals surface area contributed by atoms with Crippen molar-refractivity contribution in [2.45, 2.75) is 12.8 Å². The van der Waals surface area contributed by atoms with E-state index in [-0.39, 0.29) is 11.8 Å². The molecule has 0 unspecified atom stereocenters. The summed E-state index contributed by atoms with van der Waals surface area (Å²) in [6.45, 7) is 0.978. The molecule has 1 aromatic rings. The molecule has 2 rings (SSSR count). The maximum atomic E-state index is 12.1. The number of rotatable bonds is 2. The Morgan fingerprint density at radius 2 is 2.06 bits per heavy atom. The molecule has 0 bridgehead atoms. The molecule has 1 fully saturated rings. The normalized spacial score (nSPS) is 17.1. The Bertz CT molecular complexity index is 433. The van der Waals surface area contributed by atoms with Crippen molar-refractivity contribution < 1.29 is 14.7 Å². The van der Waals surface area contributed by atoms with Gasteiger partial charge in [0, 0.05) is 32.5 Å². The molecule has 1 aromatic heterocycles. The molecule has 1 aliphatic heterocycles. The van der Waals surface area contributed by atoms with Crippen molar-refractivity contribution in [2.24, 2.45) is 13.0 Å². The maximum Gasteiger partial charge on any atom is 0.306 e. The summed E-state index contributed by atoms with van der Waals surface area (Å²) in [5, 5.41) is 8.87. The highest BCUT2D eigenvalue weighted by Crippen LogP contribution is 2.18. The summed E-state index contributed by atoms with van der Waals surface area (Å²) in [5.41, 5.74) is 0. The summed E-state index contributed by atoms with van der Waals surface area (Å²) in [4.78, 5) is 28.5. The van der Waals surface area contributed by atoms with Crippen molar-refractivity contribution in [2.75, 3.05) is 13.1 Å². The molecule has 0 aromatic carbocycles. The first-order chi connectivity index (χ1) is 8.09. The number of likely N-dealkylation sites (tertiary alicyclic amines) is 1. The van der Waals surface area contributed by atoms with E-state index in [1.807, 2.05) is 0 Å². The smallest absolute Gasteiger partial charge is 0.306 e. The minimum absolute atomic E-state index is 0.124. The van der Waals surface area contributed by atoms with E-state index in [4.69, 9.17) is 5.11 Å². The van der Waals surface area contributed by atoms with Gasteiger partial charge >= 0.3 is 5.97 Å². The number of imidazole rings is 1. The molecule has 0 radical (unpaired) electrons. The number of aromatic nitrogens is 2. The first-order valence-electron chi connectivity index (χ1n) is 5.59. The van der Waals surface area contributed by atoms with E-state index in [0.717, 1.165) is 0 Å². The third kappa shape index (κ3) is 2.30. The monoisotopic (exact) mass is 237 g/mol. The molecule has 0 saturated carbocycles. The van der Waals surface area contributed by atoms with Gasteiger partial charge in [-0.2, -0.15) is 0 Å². The van der Waals surface area contributed by atoms with Crippen LogP contribution in [-0.4, -0.2) is 44.5 Å². The average Bonchev–Trinajstić information content (AvgIpc) is 2.74. The molecule has 6 nitrogen and oxygen atoms in total. The molecular weight excluding hydrogens is 222 g/mol. The summed E-state index contributed by atoms with van der Waals surface area (Å²) < 4.78 is 1.67. The Hall–Kier alpha value is -1.85. The summed E-state index contributed by atoms with van der Waals surface area (Å²) >= 11 is 0. The second-order valence-corrected chi connectivity index (χ2v) is 4.27. The van der Waals surface area contributed by atoms with E-state index < -0.39 is 5.97 Å². The van der Waals surface area contributed by atoms with Crippen LogP contribution in [0.15, 0.2) is 12.4 Å². The second-order valence-electron chi connectivity index (χ2n) is 4.27. The van der Waals surface area contributed by atoms with Crippen LogP contribution in [0.1, 0.15) is 23.5 Å². The van der Waals surface area contributed by atoms with Gasteiger partial charge in [0.05, 0.1) is 5.92 Å². The Morgan fingerprint density at radius 1 is 1.41 bits per heavy atom. The highest BCUT2D eigenvalue weighted by atomic mass is 16.4. The van der Waals surface area contributed by atoms with Crippen LogP contribution in [0.2, 0.25) is 0 Å². The van der Waals surface area contributed by atoms with Crippen LogP contribution in [0.25, 0.3) is 0 Å². The Labute approximate surface area is 98.9 Å². The Kier molecular flexibility index (Phi) is 3.12. The van der Waals surface area contributed by atoms with Gasteiger partial charge in [0.2, 0.25) is 0 Å². The van der Waals surface area contributed by atoms with Gasteiger partial charge < -0.3 is 14.6 Å². The standard InChI is InChI=1S/C11H15N3O3/c1-13-7-4-12-9(13)10(15)14-5-2-8(3-6-14)11(16)17/h4,7-8H,2-3,5-6H2,1H3,(H,16,17). The number of piperidine rings is 1. The zero-order valence-electron chi connectivity index (χ0n) is 9.67. The topological polar surface area (TPSA) is 75.4 Å². The molecule has 92 valence electrons. The van der Waals surface area contributed by atoms with Gasteiger partial charge in [-0.15, -0.1) is 0 Å². The van der Waals surface area contributed by atoms with E-state index in [1.54, 1.807) is 28.9 Å². The number of aryl methyl sites for hydroxylation is 1. The minimum atomic E-state index is -0.769. The predicted octanol–water partition coefficient (Wildman–Crippen LogP) is 0.357. The van der Waals surface area contributed by atoms with Crippen molar-refractivity contribution in [3.63, 3.8) is 0 Å². The summed E-state index contributed by atoms with van der Waals surface area (Å²) in [5.74, 6) is -0.811. The highest BCUT2D eigenvalue weighted by molar-refractivity contribution is 5.91. The summed E-state index contributed by atoms with van der Waals surface area (Å²) in [6.07, 6.45) is 4.34. The van der Waals surface area contributed by atoms with Crippen molar-refractivity contribution >= 4 is 11.9 Å². The fraction of sp³-hybridized carbons (Fsp3) is 0.545. The van der Waals surface area contributed by atoms with Crippen LogP contribution in [0, 0.1) is 5.92 Å². The second kappa shape index (κ2) is 4.57. The van der Waals surface area contributed by atoms with E-state index in [9.17, 15) is 9.59 Å². The number of carbonyl (C=O) groups is 2. The first kappa shape index (κ1) is 11.6. The van der Waals surface area contributed by atoms with Gasteiger partial charge in [-0.1, -0.05) is 0 Å². The van der Waals surface area contributed by atoms with Crippen LogP contribution < -0.4 is 0 Å². The lowest BCUT2D eigenvalue weighted by molar-refractivity contribution is -0.143. The van der Waals surface area contributed by atoms with E-state index in [0.29, 0.717) is 31.8 Å². The zero-order valence-corrected chi connectivity index (χ0v) is 9.67. The van der Waals surface area contributed by atoms with Crippen molar-refractivity contribution in [3.05, 3.63) is 18.2 Å². The van der Waals surface area contributed by atoms with Gasteiger partial charge in [-0.25, -0.2) is 4.98 Å². The molecule has 1 aliphatic rings. The Morgan fingerprint density at radius 3 is 2.53 bits per heavy atom. The number of hydrogen-bond donors (Lipinski definition) is 1. The predicted molar refractivity (Wildman–Crippen MR) is 59.5 cm³/mol.